The van der Waals surface area contributed by atoms with E-state index in [0.29, 0.717) is 44.4 Å². The molecule has 426 valence electrons. The zero-order chi connectivity index (χ0) is 56.6. The summed E-state index contributed by atoms with van der Waals surface area (Å²) < 4.78 is 20.7. The van der Waals surface area contributed by atoms with Crippen LogP contribution in [0.25, 0.3) is 33.3 Å². The number of likely N-dealkylation sites (N-methyl/N-ethyl adjacent to an activating group) is 1. The van der Waals surface area contributed by atoms with Crippen molar-refractivity contribution in [2.24, 2.45) is 17.0 Å². The normalized spacial score (nSPS) is 24.3. The van der Waals surface area contributed by atoms with Crippen LogP contribution in [0.15, 0.2) is 84.1 Å². The van der Waals surface area contributed by atoms with E-state index < -0.39 is 42.0 Å². The number of hydrogen-bond acceptors (Lipinski definition) is 13. The molecule has 3 amide bonds. The zero-order valence-electron chi connectivity index (χ0n) is 48.0. The van der Waals surface area contributed by atoms with Gasteiger partial charge >= 0.3 is 5.97 Å². The molecule has 8 atom stereocenters. The number of oxime groups is 1. The predicted molar refractivity (Wildman–Crippen MR) is 307 cm³/mol. The molecule has 5 aromatic rings. The van der Waals surface area contributed by atoms with E-state index in [1.807, 2.05) is 63.4 Å². The van der Waals surface area contributed by atoms with Gasteiger partial charge in [0.15, 0.2) is 0 Å². The fourth-order valence-electron chi connectivity index (χ4n) is 13.2. The summed E-state index contributed by atoms with van der Waals surface area (Å²) in [6.07, 6.45) is 5.55. The summed E-state index contributed by atoms with van der Waals surface area (Å²) in [6.45, 7) is 15.5. The van der Waals surface area contributed by atoms with Crippen LogP contribution in [0.2, 0.25) is 0 Å². The molecule has 5 aliphatic heterocycles. The highest BCUT2D eigenvalue weighted by molar-refractivity contribution is 6.03. The van der Waals surface area contributed by atoms with Gasteiger partial charge in [0.2, 0.25) is 5.91 Å². The van der Waals surface area contributed by atoms with Gasteiger partial charge in [-0.2, -0.15) is 0 Å². The van der Waals surface area contributed by atoms with Gasteiger partial charge in [0.25, 0.3) is 11.8 Å². The van der Waals surface area contributed by atoms with Gasteiger partial charge in [0.1, 0.15) is 35.6 Å². The van der Waals surface area contributed by atoms with Crippen molar-refractivity contribution in [1.82, 2.24) is 35.1 Å². The lowest BCUT2D eigenvalue weighted by Crippen LogP contribution is -2.62. The Morgan fingerprint density at radius 1 is 0.975 bits per heavy atom. The number of benzene rings is 3. The number of methoxy groups -OCH3 is 1. The Morgan fingerprint density at radius 3 is 2.48 bits per heavy atom. The molecule has 1 spiro atoms. The molecule has 80 heavy (non-hydrogen) atoms. The van der Waals surface area contributed by atoms with E-state index in [-0.39, 0.29) is 66.6 Å². The number of fused-ring (bicyclic) bond motifs is 6. The smallest absolute Gasteiger partial charge is 0.324 e. The fraction of sp³-hybridized carbons (Fsp3) is 0.524. The number of esters is 1. The molecule has 3 fully saturated rings. The average Bonchev–Trinajstić information content (AvgIpc) is 4.22. The van der Waals surface area contributed by atoms with Gasteiger partial charge in [-0.15, -0.1) is 0 Å². The van der Waals surface area contributed by atoms with E-state index in [1.165, 1.54) is 9.91 Å². The number of hydrazine groups is 1. The van der Waals surface area contributed by atoms with Crippen LogP contribution in [0, 0.1) is 11.8 Å². The first kappa shape index (κ1) is 56.6. The number of rotatable bonds is 12. The van der Waals surface area contributed by atoms with Crippen LogP contribution in [0.5, 0.6) is 5.75 Å². The number of carbonyl (C=O) groups is 4. The van der Waals surface area contributed by atoms with Crippen molar-refractivity contribution in [3.8, 4) is 28.1 Å². The van der Waals surface area contributed by atoms with Crippen LogP contribution in [-0.4, -0.2) is 143 Å². The Hall–Kier alpha value is -6.66. The van der Waals surface area contributed by atoms with Crippen LogP contribution in [0.1, 0.15) is 132 Å². The van der Waals surface area contributed by atoms with E-state index in [9.17, 15) is 19.5 Å². The summed E-state index contributed by atoms with van der Waals surface area (Å²) >= 11 is 0. The lowest BCUT2D eigenvalue weighted by molar-refractivity contribution is -0.154. The summed E-state index contributed by atoms with van der Waals surface area (Å²) in [5.74, 6) is -2.59. The number of phenols is 1. The number of pyridine rings is 1. The predicted octanol–water partition coefficient (Wildman–Crippen LogP) is 8.66. The summed E-state index contributed by atoms with van der Waals surface area (Å²) in [6, 6.07) is 20.7. The lowest BCUT2D eigenvalue weighted by atomic mass is 9.81. The number of hydrogen-bond donors (Lipinski definition) is 3. The minimum Gasteiger partial charge on any atom is -0.508 e. The second-order valence-corrected chi connectivity index (χ2v) is 23.4. The third-order valence-electron chi connectivity index (χ3n) is 17.7. The molecule has 0 aliphatic carbocycles. The molecule has 3 N–H and O–H groups in total. The standard InChI is InChI=1S/C63H80N8O9/c1-10-46-38(5)36-79-62(76)50-18-15-24-71(66-50)60(74)51(65-59(73)56(37(3)4)69(8)61(75)58-47(21-27-78-58)41-16-13-12-14-17-41)30-40-28-43(31-45(72)29-40)42-19-20-53-48(32-42)54(46)57(70(53)11-2)49-33-44(35-64-55(49)39(6)77-9)52-34-63(80-67-52)22-25-68(7)26-23-63/h12-14,16-17,19-20,28-29,31-33,35,37-39,46-47,50-51,56,58,66,72H,10-11,15,18,21-27,30,34,36H2,1-9H3,(H,65,73)/t38?,39-,46?,47+,50?,51-,56?,58+/m0/s1. The number of aromatic nitrogens is 2. The molecule has 10 rings (SSSR count). The molecule has 5 aliphatic rings. The van der Waals surface area contributed by atoms with Gasteiger partial charge in [0.05, 0.1) is 29.8 Å². The first-order chi connectivity index (χ1) is 38.5. The monoisotopic (exact) mass is 1090 g/mol. The van der Waals surface area contributed by atoms with Crippen molar-refractivity contribution in [3.05, 3.63) is 107 Å². The molecule has 3 saturated heterocycles. The number of aryl methyl sites for hydroxylation is 1. The third kappa shape index (κ3) is 11.2. The fourth-order valence-corrected chi connectivity index (χ4v) is 13.2. The van der Waals surface area contributed by atoms with E-state index in [2.05, 4.69) is 72.3 Å². The summed E-state index contributed by atoms with van der Waals surface area (Å²) in [5.41, 5.74) is 12.5. The van der Waals surface area contributed by atoms with Crippen molar-refractivity contribution >= 4 is 40.3 Å². The Bertz CT molecular complexity index is 3130. The Morgan fingerprint density at radius 2 is 1.75 bits per heavy atom. The number of ether oxygens (including phenoxy) is 3. The van der Waals surface area contributed by atoms with Gasteiger partial charge in [0, 0.05) is 107 Å². The van der Waals surface area contributed by atoms with Crippen LogP contribution < -0.4 is 10.7 Å². The number of piperidine rings is 1. The summed E-state index contributed by atoms with van der Waals surface area (Å²) in [4.78, 5) is 73.8. The van der Waals surface area contributed by atoms with Crippen molar-refractivity contribution in [3.63, 3.8) is 0 Å². The molecule has 3 aromatic carbocycles. The molecule has 0 radical (unpaired) electrons. The number of likely N-dealkylation sites (tertiary alicyclic amines) is 1. The Labute approximate surface area is 470 Å². The SMILES string of the molecule is CCC1c2c(-c3cc(C4=NOC5(CCN(C)CC5)C4)cnc3[C@H](C)OC)n(CC)c3ccc(cc23)-c2cc(O)cc(c2)C[C@H](NC(=O)C(C(C)C)N(C)C(=O)[C@@H]2OCC[C@@H]2c2ccccc2)C(=O)N2CCCC(N2)C(=O)OCC1C. The summed E-state index contributed by atoms with van der Waals surface area (Å²) in [5, 5.41) is 21.8. The van der Waals surface area contributed by atoms with Crippen molar-refractivity contribution in [2.75, 3.05) is 54.1 Å². The van der Waals surface area contributed by atoms with Crippen molar-refractivity contribution in [1.29, 1.82) is 0 Å². The minimum absolute atomic E-state index is 0.00706. The Kier molecular flexibility index (Phi) is 16.9. The highest BCUT2D eigenvalue weighted by Crippen LogP contribution is 2.47. The number of carbonyl (C=O) groups excluding carboxylic acids is 4. The van der Waals surface area contributed by atoms with Crippen LogP contribution >= 0.6 is 0 Å². The average molecular weight is 1090 g/mol. The molecule has 6 bridgehead atoms. The second kappa shape index (κ2) is 23.8. The lowest BCUT2D eigenvalue weighted by Gasteiger charge is -2.37. The third-order valence-corrected chi connectivity index (χ3v) is 17.7. The van der Waals surface area contributed by atoms with E-state index in [4.69, 9.17) is 29.2 Å². The largest absolute Gasteiger partial charge is 0.508 e. The van der Waals surface area contributed by atoms with Crippen molar-refractivity contribution < 1.29 is 43.3 Å². The van der Waals surface area contributed by atoms with Crippen LogP contribution in [-0.2, 0) is 51.2 Å². The molecule has 4 unspecified atom stereocenters. The second-order valence-electron chi connectivity index (χ2n) is 23.4. The molecule has 0 saturated carbocycles. The van der Waals surface area contributed by atoms with Gasteiger partial charge < -0.3 is 43.8 Å². The van der Waals surface area contributed by atoms with Gasteiger partial charge in [-0.1, -0.05) is 75.3 Å². The zero-order valence-corrected chi connectivity index (χ0v) is 48.0. The topological polar surface area (TPSA) is 189 Å². The van der Waals surface area contributed by atoms with Crippen LogP contribution in [0.4, 0.5) is 0 Å². The van der Waals surface area contributed by atoms with Crippen LogP contribution in [0.3, 0.4) is 0 Å². The highest BCUT2D eigenvalue weighted by Gasteiger charge is 2.44. The number of nitrogens with zero attached hydrogens (tertiary/aromatic N) is 6. The number of cyclic esters (lactones) is 1. The number of aromatic hydroxyl groups is 1. The van der Waals surface area contributed by atoms with Gasteiger partial charge in [-0.25, -0.2) is 5.43 Å². The maximum absolute atomic E-state index is 15.0. The highest BCUT2D eigenvalue weighted by atomic mass is 16.7. The quantitative estimate of drug-likeness (QED) is 0.101. The maximum Gasteiger partial charge on any atom is 0.324 e. The number of nitrogens with one attached hydrogen (secondary N) is 2. The van der Waals surface area contributed by atoms with E-state index >= 15 is 4.79 Å². The molecular weight excluding hydrogens is 1010 g/mol. The molecule has 2 aromatic heterocycles. The minimum atomic E-state index is -1.17. The first-order valence-electron chi connectivity index (χ1n) is 29.0. The van der Waals surface area contributed by atoms with Gasteiger partial charge in [-0.3, -0.25) is 29.2 Å². The summed E-state index contributed by atoms with van der Waals surface area (Å²) in [7, 11) is 5.46. The van der Waals surface area contributed by atoms with Gasteiger partial charge in [-0.05, 0) is 122 Å². The van der Waals surface area contributed by atoms with Crippen molar-refractivity contribution in [2.45, 2.75) is 147 Å². The molecule has 7 heterocycles. The Balaban J connectivity index is 1.06. The maximum atomic E-state index is 15.0. The molecule has 17 nitrogen and oxygen atoms in total. The van der Waals surface area contributed by atoms with E-state index in [1.54, 1.807) is 26.3 Å². The van der Waals surface area contributed by atoms with E-state index in [0.717, 1.165) is 93.7 Å². The molecule has 17 heteroatoms. The number of amides is 3. The molecular formula is C63H80N8O9. The first-order valence-corrected chi connectivity index (χ1v) is 29.0. The number of phenolic OH excluding ortho intramolecular Hbond substituents is 1.